The molecule has 0 saturated carbocycles. The van der Waals surface area contributed by atoms with Crippen LogP contribution >= 0.6 is 27.7 Å². The SMILES string of the molecule is Cc1nc(SCC(=O)N(C)Cc2ccccc2Br)c2ccccc2n1. The molecule has 0 aliphatic carbocycles. The summed E-state index contributed by atoms with van der Waals surface area (Å²) in [5.41, 5.74) is 2.00. The van der Waals surface area contributed by atoms with Gasteiger partial charge in [-0.15, -0.1) is 0 Å². The third-order valence-electron chi connectivity index (χ3n) is 3.80. The van der Waals surface area contributed by atoms with Gasteiger partial charge in [-0.2, -0.15) is 0 Å². The van der Waals surface area contributed by atoms with Crippen molar-refractivity contribution in [2.75, 3.05) is 12.8 Å². The first-order chi connectivity index (χ1) is 12.0. The monoisotopic (exact) mass is 415 g/mol. The minimum atomic E-state index is 0.0705. The average Bonchev–Trinajstić information content (AvgIpc) is 2.61. The van der Waals surface area contributed by atoms with Crippen LogP contribution in [0.25, 0.3) is 10.9 Å². The van der Waals surface area contributed by atoms with Crippen LogP contribution in [0, 0.1) is 6.92 Å². The first kappa shape index (κ1) is 17.9. The van der Waals surface area contributed by atoms with Gasteiger partial charge in [-0.05, 0) is 24.6 Å². The summed E-state index contributed by atoms with van der Waals surface area (Å²) in [6.07, 6.45) is 0. The second kappa shape index (κ2) is 7.97. The summed E-state index contributed by atoms with van der Waals surface area (Å²) >= 11 is 4.99. The second-order valence-electron chi connectivity index (χ2n) is 5.72. The summed E-state index contributed by atoms with van der Waals surface area (Å²) in [4.78, 5) is 23.2. The molecule has 3 aromatic rings. The van der Waals surface area contributed by atoms with E-state index >= 15 is 0 Å². The maximum atomic E-state index is 12.5. The van der Waals surface area contributed by atoms with Crippen LogP contribution < -0.4 is 0 Å². The van der Waals surface area contributed by atoms with E-state index in [0.717, 1.165) is 31.8 Å². The van der Waals surface area contributed by atoms with Gasteiger partial charge in [0.05, 0.1) is 11.3 Å². The number of carbonyl (C=O) groups is 1. The Labute approximate surface area is 159 Å². The Hall–Kier alpha value is -1.92. The van der Waals surface area contributed by atoms with Crippen LogP contribution in [0.3, 0.4) is 0 Å². The molecule has 0 bridgehead atoms. The molecule has 128 valence electrons. The Kier molecular flexibility index (Phi) is 5.71. The number of halogens is 1. The van der Waals surface area contributed by atoms with Gasteiger partial charge in [0.1, 0.15) is 10.9 Å². The van der Waals surface area contributed by atoms with Crippen molar-refractivity contribution < 1.29 is 4.79 Å². The smallest absolute Gasteiger partial charge is 0.233 e. The number of amides is 1. The van der Waals surface area contributed by atoms with Crippen molar-refractivity contribution in [3.05, 3.63) is 64.4 Å². The number of nitrogens with zero attached hydrogens (tertiary/aromatic N) is 3. The van der Waals surface area contributed by atoms with E-state index in [9.17, 15) is 4.79 Å². The van der Waals surface area contributed by atoms with Crippen LogP contribution in [-0.4, -0.2) is 33.6 Å². The zero-order valence-electron chi connectivity index (χ0n) is 14.1. The highest BCUT2D eigenvalue weighted by molar-refractivity contribution is 9.10. The predicted molar refractivity (Wildman–Crippen MR) is 106 cm³/mol. The standard InChI is InChI=1S/C19H18BrN3OS/c1-13-21-17-10-6-4-8-15(17)19(22-13)25-12-18(24)23(2)11-14-7-3-5-9-16(14)20/h3-10H,11-12H2,1-2H3. The highest BCUT2D eigenvalue weighted by atomic mass is 79.9. The first-order valence-electron chi connectivity index (χ1n) is 7.88. The third kappa shape index (κ3) is 4.38. The van der Waals surface area contributed by atoms with Gasteiger partial charge < -0.3 is 4.90 Å². The van der Waals surface area contributed by atoms with Crippen molar-refractivity contribution in [3.8, 4) is 0 Å². The number of aryl methyl sites for hydroxylation is 1. The molecular formula is C19H18BrN3OS. The molecule has 3 rings (SSSR count). The second-order valence-corrected chi connectivity index (χ2v) is 7.54. The van der Waals surface area contributed by atoms with Crippen molar-refractivity contribution in [1.82, 2.24) is 14.9 Å². The van der Waals surface area contributed by atoms with E-state index in [-0.39, 0.29) is 5.91 Å². The number of benzene rings is 2. The molecule has 2 aromatic carbocycles. The topological polar surface area (TPSA) is 46.1 Å². The van der Waals surface area contributed by atoms with Crippen LogP contribution in [0.1, 0.15) is 11.4 Å². The van der Waals surface area contributed by atoms with Crippen LogP contribution in [-0.2, 0) is 11.3 Å². The molecule has 0 spiro atoms. The van der Waals surface area contributed by atoms with Crippen molar-refractivity contribution in [2.24, 2.45) is 0 Å². The zero-order chi connectivity index (χ0) is 17.8. The number of thioether (sulfide) groups is 1. The summed E-state index contributed by atoms with van der Waals surface area (Å²) in [6, 6.07) is 15.8. The predicted octanol–water partition coefficient (Wildman–Crippen LogP) is 4.45. The molecule has 0 N–H and O–H groups in total. The summed E-state index contributed by atoms with van der Waals surface area (Å²) in [5, 5.41) is 1.84. The molecule has 1 amide bonds. The van der Waals surface area contributed by atoms with E-state index in [1.165, 1.54) is 11.8 Å². The van der Waals surface area contributed by atoms with Gasteiger partial charge in [-0.1, -0.05) is 64.1 Å². The van der Waals surface area contributed by atoms with Gasteiger partial charge in [-0.3, -0.25) is 4.79 Å². The Balaban J connectivity index is 1.69. The number of rotatable bonds is 5. The largest absolute Gasteiger partial charge is 0.341 e. The third-order valence-corrected chi connectivity index (χ3v) is 5.55. The van der Waals surface area contributed by atoms with Gasteiger partial charge in [0, 0.05) is 23.5 Å². The Morgan fingerprint density at radius 1 is 1.12 bits per heavy atom. The van der Waals surface area contributed by atoms with Crippen molar-refractivity contribution >= 4 is 44.5 Å². The van der Waals surface area contributed by atoms with E-state index in [1.54, 1.807) is 4.90 Å². The molecule has 0 radical (unpaired) electrons. The van der Waals surface area contributed by atoms with E-state index in [4.69, 9.17) is 0 Å². The molecule has 0 saturated heterocycles. The highest BCUT2D eigenvalue weighted by Gasteiger charge is 2.13. The quantitative estimate of drug-likeness (QED) is 0.456. The van der Waals surface area contributed by atoms with Gasteiger partial charge in [0.25, 0.3) is 0 Å². The fourth-order valence-corrected chi connectivity index (χ4v) is 3.89. The number of aromatic nitrogens is 2. The fraction of sp³-hybridized carbons (Fsp3) is 0.211. The molecule has 0 aliphatic rings. The number of carbonyl (C=O) groups excluding carboxylic acids is 1. The molecule has 0 unspecified atom stereocenters. The molecule has 1 heterocycles. The first-order valence-corrected chi connectivity index (χ1v) is 9.66. The number of hydrogen-bond acceptors (Lipinski definition) is 4. The Morgan fingerprint density at radius 2 is 1.84 bits per heavy atom. The van der Waals surface area contributed by atoms with Crippen LogP contribution in [0.4, 0.5) is 0 Å². The van der Waals surface area contributed by atoms with Crippen molar-refractivity contribution in [1.29, 1.82) is 0 Å². The molecule has 25 heavy (non-hydrogen) atoms. The zero-order valence-corrected chi connectivity index (χ0v) is 16.5. The lowest BCUT2D eigenvalue weighted by molar-refractivity contribution is -0.127. The van der Waals surface area contributed by atoms with Crippen LogP contribution in [0.2, 0.25) is 0 Å². The molecule has 1 aromatic heterocycles. The number of hydrogen-bond donors (Lipinski definition) is 0. The summed E-state index contributed by atoms with van der Waals surface area (Å²) < 4.78 is 1.01. The Morgan fingerprint density at radius 3 is 2.64 bits per heavy atom. The molecule has 4 nitrogen and oxygen atoms in total. The number of para-hydroxylation sites is 1. The van der Waals surface area contributed by atoms with Gasteiger partial charge in [0.15, 0.2) is 0 Å². The van der Waals surface area contributed by atoms with Crippen molar-refractivity contribution in [3.63, 3.8) is 0 Å². The van der Waals surface area contributed by atoms with E-state index in [2.05, 4.69) is 25.9 Å². The van der Waals surface area contributed by atoms with E-state index < -0.39 is 0 Å². The number of fused-ring (bicyclic) bond motifs is 1. The Bertz CT molecular complexity index is 916. The van der Waals surface area contributed by atoms with Gasteiger partial charge >= 0.3 is 0 Å². The lowest BCUT2D eigenvalue weighted by Crippen LogP contribution is -2.28. The molecular weight excluding hydrogens is 398 g/mol. The molecule has 6 heteroatoms. The lowest BCUT2D eigenvalue weighted by atomic mass is 10.2. The van der Waals surface area contributed by atoms with Gasteiger partial charge in [-0.25, -0.2) is 9.97 Å². The maximum absolute atomic E-state index is 12.5. The summed E-state index contributed by atoms with van der Waals surface area (Å²) in [7, 11) is 1.83. The maximum Gasteiger partial charge on any atom is 0.233 e. The molecule has 0 atom stereocenters. The molecule has 0 fully saturated rings. The normalized spacial score (nSPS) is 10.8. The van der Waals surface area contributed by atoms with E-state index in [1.807, 2.05) is 62.5 Å². The van der Waals surface area contributed by atoms with E-state index in [0.29, 0.717) is 12.3 Å². The minimum absolute atomic E-state index is 0.0705. The lowest BCUT2D eigenvalue weighted by Gasteiger charge is -2.18. The average molecular weight is 416 g/mol. The fourth-order valence-electron chi connectivity index (χ4n) is 2.48. The highest BCUT2D eigenvalue weighted by Crippen LogP contribution is 2.25. The summed E-state index contributed by atoms with van der Waals surface area (Å²) in [6.45, 7) is 2.45. The van der Waals surface area contributed by atoms with Crippen LogP contribution in [0.15, 0.2) is 58.0 Å². The minimum Gasteiger partial charge on any atom is -0.341 e. The molecule has 0 aliphatic heterocycles. The van der Waals surface area contributed by atoms with Gasteiger partial charge in [0.2, 0.25) is 5.91 Å². The summed E-state index contributed by atoms with van der Waals surface area (Å²) in [5.74, 6) is 1.14. The van der Waals surface area contributed by atoms with Crippen LogP contribution in [0.5, 0.6) is 0 Å². The van der Waals surface area contributed by atoms with Crippen molar-refractivity contribution in [2.45, 2.75) is 18.5 Å².